The molecule has 55 heavy (non-hydrogen) atoms. The average Bonchev–Trinajstić information content (AvgIpc) is 3.48. The third-order valence-corrected chi connectivity index (χ3v) is 8.86. The first-order valence-electron chi connectivity index (χ1n) is 18.6. The van der Waals surface area contributed by atoms with E-state index >= 15 is 0 Å². The second-order valence-corrected chi connectivity index (χ2v) is 13.5. The van der Waals surface area contributed by atoms with Crippen molar-refractivity contribution in [3.05, 3.63) is 119 Å². The highest BCUT2D eigenvalue weighted by Crippen LogP contribution is 2.22. The molecule has 4 aromatic rings. The Balaban J connectivity index is 1.28. The molecule has 2 aromatic heterocycles. The van der Waals surface area contributed by atoms with E-state index in [9.17, 15) is 14.4 Å². The lowest BCUT2D eigenvalue weighted by Crippen LogP contribution is -2.34. The molecule has 0 bridgehead atoms. The van der Waals surface area contributed by atoms with Gasteiger partial charge in [-0.15, -0.1) is 0 Å². The van der Waals surface area contributed by atoms with Crippen LogP contribution in [0.25, 0.3) is 11.0 Å². The van der Waals surface area contributed by atoms with Gasteiger partial charge in [-0.05, 0) is 121 Å². The molecule has 0 aliphatic rings. The minimum atomic E-state index is -0.681. The molecule has 4 rings (SSSR count). The van der Waals surface area contributed by atoms with Crippen molar-refractivity contribution in [2.75, 3.05) is 30.0 Å². The number of aromatic nitrogens is 3. The van der Waals surface area contributed by atoms with Crippen LogP contribution in [0.2, 0.25) is 0 Å². The predicted molar refractivity (Wildman–Crippen MR) is 218 cm³/mol. The number of aryl methyl sites for hydroxylation is 1. The number of carbonyl (C=O) groups excluding carboxylic acids is 3. The van der Waals surface area contributed by atoms with E-state index in [1.807, 2.05) is 42.8 Å². The third-order valence-electron chi connectivity index (χ3n) is 8.86. The fraction of sp³-hybridized carbons (Fsp3) is 0.349. The lowest BCUT2D eigenvalue weighted by atomic mass is 10.1. The number of allylic oxidation sites excluding steroid dienone is 5. The SMILES string of the molecule is CCOC(=O)CCN(C(=O)c1ccc2c(c1)nc(CNc1ccc(C(=N)NC(=O)OC/C=C(\C)CC/C=C(\C)CCC=C(C)C)cc1)n2C)c1ccccn1. The van der Waals surface area contributed by atoms with Crippen molar-refractivity contribution in [2.24, 2.45) is 7.05 Å². The Bertz CT molecular complexity index is 2030. The van der Waals surface area contributed by atoms with E-state index in [0.29, 0.717) is 29.0 Å². The molecule has 0 atom stereocenters. The normalized spacial score (nSPS) is 11.5. The zero-order chi connectivity index (χ0) is 39.7. The molecule has 0 aliphatic heterocycles. The summed E-state index contributed by atoms with van der Waals surface area (Å²) in [6, 6.07) is 17.7. The highest BCUT2D eigenvalue weighted by atomic mass is 16.5. The van der Waals surface area contributed by atoms with Crippen LogP contribution in [0.15, 0.2) is 102 Å². The van der Waals surface area contributed by atoms with Crippen LogP contribution in [-0.2, 0) is 27.9 Å². The van der Waals surface area contributed by atoms with Gasteiger partial charge in [0.05, 0.1) is 30.6 Å². The summed E-state index contributed by atoms with van der Waals surface area (Å²) >= 11 is 0. The van der Waals surface area contributed by atoms with Crippen molar-refractivity contribution in [1.29, 1.82) is 5.41 Å². The number of esters is 1. The van der Waals surface area contributed by atoms with Gasteiger partial charge in [0.2, 0.25) is 0 Å². The van der Waals surface area contributed by atoms with Gasteiger partial charge < -0.3 is 19.4 Å². The van der Waals surface area contributed by atoms with Crippen molar-refractivity contribution in [3.63, 3.8) is 0 Å². The molecule has 0 saturated carbocycles. The molecule has 0 fully saturated rings. The van der Waals surface area contributed by atoms with E-state index in [1.54, 1.807) is 55.6 Å². The van der Waals surface area contributed by atoms with Crippen molar-refractivity contribution < 1.29 is 23.9 Å². The lowest BCUT2D eigenvalue weighted by molar-refractivity contribution is -0.142. The van der Waals surface area contributed by atoms with E-state index < -0.39 is 6.09 Å². The summed E-state index contributed by atoms with van der Waals surface area (Å²) in [6.45, 7) is 11.1. The standard InChI is InChI=1S/C43H53N7O5/c1-7-54-40(51)23-26-50(38-16-8-9-25-45-38)42(52)34-19-22-37-36(28-34)47-39(49(37)6)29-46-35-20-17-33(18-21-35)41(44)48-43(53)55-27-24-32(5)15-11-14-31(4)13-10-12-30(2)3/h8-9,12,14,16-22,24-25,28,46H,7,10-11,13,15,23,26-27,29H2,1-6H3,(H2,44,48,53)/b31-14+,32-24+. The largest absolute Gasteiger partial charge is 0.466 e. The van der Waals surface area contributed by atoms with Gasteiger partial charge in [-0.3, -0.25) is 25.2 Å². The second kappa shape index (κ2) is 21.0. The van der Waals surface area contributed by atoms with Crippen LogP contribution < -0.4 is 15.5 Å². The Morgan fingerprint density at radius 2 is 1.58 bits per heavy atom. The van der Waals surface area contributed by atoms with E-state index in [-0.39, 0.29) is 43.9 Å². The van der Waals surface area contributed by atoms with Crippen LogP contribution in [0.1, 0.15) is 88.5 Å². The number of rotatable bonds is 18. The van der Waals surface area contributed by atoms with Gasteiger partial charge in [0.15, 0.2) is 0 Å². The summed E-state index contributed by atoms with van der Waals surface area (Å²) in [5.74, 6) is 0.438. The van der Waals surface area contributed by atoms with Gasteiger partial charge in [-0.1, -0.05) is 34.9 Å². The van der Waals surface area contributed by atoms with Crippen molar-refractivity contribution in [2.45, 2.75) is 73.3 Å². The quantitative estimate of drug-likeness (QED) is 0.0396. The Labute approximate surface area is 323 Å². The van der Waals surface area contributed by atoms with Gasteiger partial charge in [-0.2, -0.15) is 0 Å². The minimum Gasteiger partial charge on any atom is -0.466 e. The molecule has 2 amide bonds. The molecule has 0 aliphatic carbocycles. The number of amides is 2. The number of ether oxygens (including phenoxy) is 2. The Morgan fingerprint density at radius 1 is 0.873 bits per heavy atom. The summed E-state index contributed by atoms with van der Waals surface area (Å²) < 4.78 is 12.3. The van der Waals surface area contributed by atoms with E-state index in [4.69, 9.17) is 19.9 Å². The van der Waals surface area contributed by atoms with Crippen molar-refractivity contribution in [1.82, 2.24) is 19.9 Å². The van der Waals surface area contributed by atoms with Gasteiger partial charge in [0.25, 0.3) is 5.91 Å². The van der Waals surface area contributed by atoms with Gasteiger partial charge >= 0.3 is 12.1 Å². The predicted octanol–water partition coefficient (Wildman–Crippen LogP) is 8.65. The molecular formula is C43H53N7O5. The first-order chi connectivity index (χ1) is 26.4. The Hall–Kier alpha value is -6.04. The fourth-order valence-electron chi connectivity index (χ4n) is 5.71. The topological polar surface area (TPSA) is 152 Å². The number of anilines is 2. The van der Waals surface area contributed by atoms with E-state index in [0.717, 1.165) is 48.3 Å². The first kappa shape index (κ1) is 41.7. The molecule has 12 nitrogen and oxygen atoms in total. The zero-order valence-electron chi connectivity index (χ0n) is 32.8. The number of amidine groups is 1. The van der Waals surface area contributed by atoms with Crippen LogP contribution in [0, 0.1) is 5.41 Å². The number of nitrogens with one attached hydrogen (secondary N) is 3. The van der Waals surface area contributed by atoms with Gasteiger partial charge in [0, 0.05) is 36.6 Å². The summed E-state index contributed by atoms with van der Waals surface area (Å²) in [7, 11) is 1.91. The number of hydrogen-bond acceptors (Lipinski definition) is 9. The number of hydrogen-bond donors (Lipinski definition) is 3. The fourth-order valence-corrected chi connectivity index (χ4v) is 5.71. The summed E-state index contributed by atoms with van der Waals surface area (Å²) in [5.41, 5.74) is 7.12. The number of pyridine rings is 1. The second-order valence-electron chi connectivity index (χ2n) is 13.5. The molecule has 0 radical (unpaired) electrons. The number of nitrogens with zero attached hydrogens (tertiary/aromatic N) is 4. The molecular weight excluding hydrogens is 695 g/mol. The molecule has 0 spiro atoms. The number of alkyl carbamates (subject to hydrolysis) is 1. The first-order valence-corrected chi connectivity index (χ1v) is 18.6. The molecule has 0 unspecified atom stereocenters. The van der Waals surface area contributed by atoms with Crippen LogP contribution in [-0.4, -0.2) is 58.1 Å². The van der Waals surface area contributed by atoms with Crippen LogP contribution in [0.5, 0.6) is 0 Å². The summed E-state index contributed by atoms with van der Waals surface area (Å²) in [4.78, 5) is 48.7. The molecule has 0 saturated heterocycles. The smallest absolute Gasteiger partial charge is 0.413 e. The monoisotopic (exact) mass is 747 g/mol. The highest BCUT2D eigenvalue weighted by molar-refractivity contribution is 6.07. The van der Waals surface area contributed by atoms with Crippen molar-refractivity contribution in [3.8, 4) is 0 Å². The van der Waals surface area contributed by atoms with Crippen molar-refractivity contribution >= 4 is 46.3 Å². The Kier molecular flexibility index (Phi) is 15.9. The molecule has 2 heterocycles. The van der Waals surface area contributed by atoms with Crippen LogP contribution in [0.4, 0.5) is 16.3 Å². The number of imidazole rings is 1. The minimum absolute atomic E-state index is 0.0386. The lowest BCUT2D eigenvalue weighted by Gasteiger charge is -2.21. The summed E-state index contributed by atoms with van der Waals surface area (Å²) in [5, 5.41) is 14.2. The number of benzene rings is 2. The third kappa shape index (κ3) is 13.1. The maximum absolute atomic E-state index is 13.7. The van der Waals surface area contributed by atoms with E-state index in [1.165, 1.54) is 16.0 Å². The van der Waals surface area contributed by atoms with Gasteiger partial charge in [-0.25, -0.2) is 14.8 Å². The molecule has 2 aromatic carbocycles. The van der Waals surface area contributed by atoms with Crippen LogP contribution in [0.3, 0.4) is 0 Å². The molecule has 290 valence electrons. The van der Waals surface area contributed by atoms with E-state index in [2.05, 4.69) is 48.5 Å². The highest BCUT2D eigenvalue weighted by Gasteiger charge is 2.21. The number of carbonyl (C=O) groups is 3. The maximum Gasteiger partial charge on any atom is 0.413 e. The van der Waals surface area contributed by atoms with Crippen LogP contribution >= 0.6 is 0 Å². The average molecular weight is 748 g/mol. The maximum atomic E-state index is 13.7. The Morgan fingerprint density at radius 3 is 2.27 bits per heavy atom. The summed E-state index contributed by atoms with van der Waals surface area (Å²) in [6.07, 6.45) is 11.3. The molecule has 12 heteroatoms. The molecule has 3 N–H and O–H groups in total. The zero-order valence-corrected chi connectivity index (χ0v) is 32.8. The van der Waals surface area contributed by atoms with Gasteiger partial charge in [0.1, 0.15) is 24.1 Å². The number of fused-ring (bicyclic) bond motifs is 1.